The SMILES string of the molecule is CN(C)Cc1ccccc1Oc1cc(F)c([N+](=O)[O-])cc1C#N. The molecule has 0 aliphatic carbocycles. The highest BCUT2D eigenvalue weighted by Crippen LogP contribution is 2.32. The Labute approximate surface area is 132 Å². The molecule has 0 bridgehead atoms. The summed E-state index contributed by atoms with van der Waals surface area (Å²) in [6.07, 6.45) is 0. The first kappa shape index (κ1) is 16.4. The molecule has 0 aliphatic rings. The van der Waals surface area contributed by atoms with Crippen molar-refractivity contribution in [1.82, 2.24) is 4.90 Å². The van der Waals surface area contributed by atoms with Crippen molar-refractivity contribution in [2.24, 2.45) is 0 Å². The third-order valence-corrected chi connectivity index (χ3v) is 3.05. The number of halogens is 1. The molecule has 0 fully saturated rings. The van der Waals surface area contributed by atoms with Crippen LogP contribution in [0.4, 0.5) is 10.1 Å². The highest BCUT2D eigenvalue weighted by Gasteiger charge is 2.20. The van der Waals surface area contributed by atoms with Crippen LogP contribution in [0.3, 0.4) is 0 Å². The van der Waals surface area contributed by atoms with Crippen molar-refractivity contribution >= 4 is 5.69 Å². The van der Waals surface area contributed by atoms with Gasteiger partial charge < -0.3 is 9.64 Å². The lowest BCUT2D eigenvalue weighted by atomic mass is 10.1. The zero-order valence-electron chi connectivity index (χ0n) is 12.6. The van der Waals surface area contributed by atoms with Crippen LogP contribution in [0.15, 0.2) is 36.4 Å². The molecule has 23 heavy (non-hydrogen) atoms. The molecule has 0 aliphatic heterocycles. The van der Waals surface area contributed by atoms with Crippen molar-refractivity contribution in [1.29, 1.82) is 5.26 Å². The number of benzene rings is 2. The number of nitriles is 1. The number of hydrogen-bond donors (Lipinski definition) is 0. The number of ether oxygens (including phenoxy) is 1. The maximum Gasteiger partial charge on any atom is 0.306 e. The van der Waals surface area contributed by atoms with Gasteiger partial charge in [-0.3, -0.25) is 10.1 Å². The van der Waals surface area contributed by atoms with E-state index in [2.05, 4.69) is 0 Å². The van der Waals surface area contributed by atoms with Gasteiger partial charge in [-0.1, -0.05) is 18.2 Å². The number of nitro benzene ring substituents is 1. The Kier molecular flexibility index (Phi) is 4.88. The summed E-state index contributed by atoms with van der Waals surface area (Å²) in [5.74, 6) is -0.637. The molecule has 0 N–H and O–H groups in total. The van der Waals surface area contributed by atoms with Crippen LogP contribution in [-0.4, -0.2) is 23.9 Å². The van der Waals surface area contributed by atoms with Crippen molar-refractivity contribution in [3.63, 3.8) is 0 Å². The molecule has 0 unspecified atom stereocenters. The van der Waals surface area contributed by atoms with Crippen molar-refractivity contribution in [3.05, 3.63) is 63.5 Å². The molecule has 0 radical (unpaired) electrons. The van der Waals surface area contributed by atoms with Gasteiger partial charge in [0.2, 0.25) is 5.82 Å². The number of para-hydroxylation sites is 1. The largest absolute Gasteiger partial charge is 0.456 e. The monoisotopic (exact) mass is 315 g/mol. The van der Waals surface area contributed by atoms with Crippen LogP contribution in [0.25, 0.3) is 0 Å². The summed E-state index contributed by atoms with van der Waals surface area (Å²) < 4.78 is 19.4. The van der Waals surface area contributed by atoms with Gasteiger partial charge in [0.15, 0.2) is 0 Å². The molecule has 0 saturated heterocycles. The predicted molar refractivity (Wildman–Crippen MR) is 81.7 cm³/mol. The van der Waals surface area contributed by atoms with Gasteiger partial charge in [0.1, 0.15) is 23.1 Å². The second kappa shape index (κ2) is 6.85. The normalized spacial score (nSPS) is 10.4. The molecule has 0 amide bonds. The molecular formula is C16H14FN3O3. The molecule has 118 valence electrons. The average Bonchev–Trinajstić information content (AvgIpc) is 2.48. The first-order valence-corrected chi connectivity index (χ1v) is 6.71. The van der Waals surface area contributed by atoms with Crippen LogP contribution >= 0.6 is 0 Å². The van der Waals surface area contributed by atoms with Gasteiger partial charge in [0, 0.05) is 24.2 Å². The molecule has 7 heteroatoms. The Bertz CT molecular complexity index is 785. The number of nitrogens with zero attached hydrogens (tertiary/aromatic N) is 3. The first-order chi connectivity index (χ1) is 10.9. The van der Waals surface area contributed by atoms with E-state index in [9.17, 15) is 14.5 Å². The average molecular weight is 315 g/mol. The molecule has 0 heterocycles. The molecule has 2 rings (SSSR count). The quantitative estimate of drug-likeness (QED) is 0.623. The van der Waals surface area contributed by atoms with E-state index in [1.54, 1.807) is 18.2 Å². The standard InChI is InChI=1S/C16H14FN3O3/c1-19(2)10-11-5-3-4-6-15(11)23-16-8-13(17)14(20(21)22)7-12(16)9-18/h3-8H,10H2,1-2H3. The van der Waals surface area contributed by atoms with Crippen LogP contribution in [-0.2, 0) is 6.54 Å². The summed E-state index contributed by atoms with van der Waals surface area (Å²) in [7, 11) is 3.78. The topological polar surface area (TPSA) is 79.4 Å². The number of nitro groups is 1. The van der Waals surface area contributed by atoms with Gasteiger partial charge in [-0.2, -0.15) is 9.65 Å². The van der Waals surface area contributed by atoms with Crippen molar-refractivity contribution < 1.29 is 14.1 Å². The molecule has 0 atom stereocenters. The van der Waals surface area contributed by atoms with Gasteiger partial charge in [0.05, 0.1) is 4.92 Å². The maximum absolute atomic E-state index is 13.8. The van der Waals surface area contributed by atoms with E-state index in [-0.39, 0.29) is 11.3 Å². The van der Waals surface area contributed by atoms with Crippen LogP contribution < -0.4 is 4.74 Å². The van der Waals surface area contributed by atoms with E-state index in [4.69, 9.17) is 10.00 Å². The fourth-order valence-corrected chi connectivity index (χ4v) is 2.05. The summed E-state index contributed by atoms with van der Waals surface area (Å²) in [5.41, 5.74) is -0.00613. The number of hydrogen-bond acceptors (Lipinski definition) is 5. The zero-order valence-corrected chi connectivity index (χ0v) is 12.6. The second-order valence-corrected chi connectivity index (χ2v) is 5.12. The van der Waals surface area contributed by atoms with Crippen molar-refractivity contribution in [2.75, 3.05) is 14.1 Å². The zero-order chi connectivity index (χ0) is 17.0. The minimum atomic E-state index is -1.05. The summed E-state index contributed by atoms with van der Waals surface area (Å²) >= 11 is 0. The summed E-state index contributed by atoms with van der Waals surface area (Å²) in [6, 6.07) is 10.7. The highest BCUT2D eigenvalue weighted by molar-refractivity contribution is 5.53. The van der Waals surface area contributed by atoms with Crippen LogP contribution in [0.1, 0.15) is 11.1 Å². The third kappa shape index (κ3) is 3.81. The molecule has 0 aromatic heterocycles. The minimum Gasteiger partial charge on any atom is -0.456 e. The summed E-state index contributed by atoms with van der Waals surface area (Å²) in [6.45, 7) is 0.591. The fourth-order valence-electron chi connectivity index (χ4n) is 2.05. The van der Waals surface area contributed by atoms with E-state index in [1.807, 2.05) is 31.1 Å². The Morgan fingerprint density at radius 3 is 2.61 bits per heavy atom. The lowest BCUT2D eigenvalue weighted by molar-refractivity contribution is -0.387. The highest BCUT2D eigenvalue weighted by atomic mass is 19.1. The van der Waals surface area contributed by atoms with E-state index in [0.29, 0.717) is 12.3 Å². The van der Waals surface area contributed by atoms with Gasteiger partial charge in [-0.25, -0.2) is 0 Å². The molecule has 2 aromatic carbocycles. The lowest BCUT2D eigenvalue weighted by Crippen LogP contribution is -2.11. The smallest absolute Gasteiger partial charge is 0.306 e. The summed E-state index contributed by atoms with van der Waals surface area (Å²) in [5, 5.41) is 19.9. The van der Waals surface area contributed by atoms with Crippen LogP contribution in [0, 0.1) is 27.3 Å². The fraction of sp³-hybridized carbons (Fsp3) is 0.188. The third-order valence-electron chi connectivity index (χ3n) is 3.05. The second-order valence-electron chi connectivity index (χ2n) is 5.12. The van der Waals surface area contributed by atoms with Crippen LogP contribution in [0.5, 0.6) is 11.5 Å². The molecule has 6 nitrogen and oxygen atoms in total. The Morgan fingerprint density at radius 2 is 2.00 bits per heavy atom. The molecule has 0 spiro atoms. The Morgan fingerprint density at radius 1 is 1.30 bits per heavy atom. The first-order valence-electron chi connectivity index (χ1n) is 6.71. The maximum atomic E-state index is 13.8. The number of rotatable bonds is 5. The molecule has 2 aromatic rings. The Balaban J connectivity index is 2.43. The van der Waals surface area contributed by atoms with Gasteiger partial charge in [0.25, 0.3) is 0 Å². The van der Waals surface area contributed by atoms with Gasteiger partial charge in [-0.05, 0) is 20.2 Å². The van der Waals surface area contributed by atoms with E-state index in [0.717, 1.165) is 17.7 Å². The van der Waals surface area contributed by atoms with Crippen molar-refractivity contribution in [2.45, 2.75) is 6.54 Å². The van der Waals surface area contributed by atoms with Crippen LogP contribution in [0.2, 0.25) is 0 Å². The Hall–Kier alpha value is -2.98. The van der Waals surface area contributed by atoms with E-state index < -0.39 is 16.4 Å². The van der Waals surface area contributed by atoms with Gasteiger partial charge >= 0.3 is 5.69 Å². The van der Waals surface area contributed by atoms with Crippen molar-refractivity contribution in [3.8, 4) is 17.6 Å². The lowest BCUT2D eigenvalue weighted by Gasteiger charge is -2.15. The van der Waals surface area contributed by atoms with E-state index in [1.165, 1.54) is 0 Å². The summed E-state index contributed by atoms with van der Waals surface area (Å²) in [4.78, 5) is 11.8. The van der Waals surface area contributed by atoms with E-state index >= 15 is 0 Å². The minimum absolute atomic E-state index is 0.0539. The predicted octanol–water partition coefficient (Wildman–Crippen LogP) is 3.46. The van der Waals surface area contributed by atoms with Gasteiger partial charge in [-0.15, -0.1) is 0 Å². The molecular weight excluding hydrogens is 301 g/mol. The molecule has 0 saturated carbocycles.